The minimum atomic E-state index is -0.0824. The minimum absolute atomic E-state index is 0.0136. The van der Waals surface area contributed by atoms with E-state index < -0.39 is 0 Å². The molecular formula is C22H28N3O3+. The molecule has 2 N–H and O–H groups in total. The maximum Gasteiger partial charge on any atom is 0.329 e. The summed E-state index contributed by atoms with van der Waals surface area (Å²) in [6.07, 6.45) is 0.656. The number of carbonyl (C=O) groups is 1. The zero-order chi connectivity index (χ0) is 19.5. The lowest BCUT2D eigenvalue weighted by Gasteiger charge is -2.36. The van der Waals surface area contributed by atoms with Crippen molar-refractivity contribution in [2.45, 2.75) is 12.5 Å². The quantitative estimate of drug-likeness (QED) is 0.843. The molecule has 0 unspecified atom stereocenters. The number of nitrogens with one attached hydrogen (secondary N) is 1. The number of hydrogen-bond donors (Lipinski definition) is 2. The van der Waals surface area contributed by atoms with Gasteiger partial charge in [-0.15, -0.1) is 0 Å². The Labute approximate surface area is 165 Å². The van der Waals surface area contributed by atoms with Crippen LogP contribution in [0.2, 0.25) is 0 Å². The molecule has 2 aromatic rings. The summed E-state index contributed by atoms with van der Waals surface area (Å²) in [5.74, 6) is 0. The predicted octanol–water partition coefficient (Wildman–Crippen LogP) is 1.38. The zero-order valence-corrected chi connectivity index (χ0v) is 16.3. The van der Waals surface area contributed by atoms with Crippen molar-refractivity contribution in [3.8, 4) is 0 Å². The first-order valence-corrected chi connectivity index (χ1v) is 9.96. The molecule has 2 aliphatic heterocycles. The molecule has 6 nitrogen and oxygen atoms in total. The maximum atomic E-state index is 13.6. The molecule has 6 heteroatoms. The number of urea groups is 1. The van der Waals surface area contributed by atoms with Gasteiger partial charge in [0, 0.05) is 19.1 Å². The molecule has 0 radical (unpaired) electrons. The third-order valence-corrected chi connectivity index (χ3v) is 5.84. The number of ether oxygens (including phenoxy) is 1. The fourth-order valence-corrected chi connectivity index (χ4v) is 4.28. The number of amides is 2. The van der Waals surface area contributed by atoms with E-state index in [1.54, 1.807) is 7.11 Å². The molecule has 2 aromatic carbocycles. The van der Waals surface area contributed by atoms with Crippen molar-refractivity contribution in [3.63, 3.8) is 0 Å². The lowest BCUT2D eigenvalue weighted by Crippen LogP contribution is -3.15. The molecule has 4 rings (SSSR count). The van der Waals surface area contributed by atoms with Crippen LogP contribution < -0.4 is 9.80 Å². The van der Waals surface area contributed by atoms with Gasteiger partial charge in [0.05, 0.1) is 50.3 Å². The molecule has 148 valence electrons. The van der Waals surface area contributed by atoms with E-state index in [1.165, 1.54) is 4.90 Å². The third-order valence-electron chi connectivity index (χ3n) is 5.84. The van der Waals surface area contributed by atoms with E-state index in [0.717, 1.165) is 48.6 Å². The van der Waals surface area contributed by atoms with Gasteiger partial charge in [-0.25, -0.2) is 4.79 Å². The highest BCUT2D eigenvalue weighted by Crippen LogP contribution is 2.41. The van der Waals surface area contributed by atoms with Crippen molar-refractivity contribution in [3.05, 3.63) is 59.7 Å². The second-order valence-corrected chi connectivity index (χ2v) is 7.44. The molecule has 2 amide bonds. The van der Waals surface area contributed by atoms with Crippen molar-refractivity contribution in [1.29, 1.82) is 0 Å². The van der Waals surface area contributed by atoms with Crippen molar-refractivity contribution < 1.29 is 19.5 Å². The molecule has 0 aliphatic carbocycles. The number of aliphatic hydroxyl groups excluding tert-OH is 1. The summed E-state index contributed by atoms with van der Waals surface area (Å²) in [4.78, 5) is 18.8. The van der Waals surface area contributed by atoms with Crippen LogP contribution >= 0.6 is 0 Å². The Morgan fingerprint density at radius 1 is 1.11 bits per heavy atom. The van der Waals surface area contributed by atoms with E-state index in [0.29, 0.717) is 13.1 Å². The summed E-state index contributed by atoms with van der Waals surface area (Å²) >= 11 is 0. The van der Waals surface area contributed by atoms with Crippen LogP contribution in [0.3, 0.4) is 0 Å². The Morgan fingerprint density at radius 2 is 1.79 bits per heavy atom. The number of fused-ring (bicyclic) bond motifs is 2. The van der Waals surface area contributed by atoms with Crippen LogP contribution in [0.4, 0.5) is 16.2 Å². The standard InChI is InChI=1S/C22H27N3O3/c1-28-21-16-17-6-2-4-8-19(17)25(20-9-5-3-7-18(20)21)22(27)24-12-10-23(11-13-24)14-15-26/h2-9,21,26H,10-16H2,1H3/p+1/t21-/m1/s1. The Morgan fingerprint density at radius 3 is 2.50 bits per heavy atom. The number of anilines is 2. The van der Waals surface area contributed by atoms with Gasteiger partial charge in [-0.1, -0.05) is 36.4 Å². The molecule has 0 spiro atoms. The summed E-state index contributed by atoms with van der Waals surface area (Å²) in [5.41, 5.74) is 3.99. The molecule has 2 heterocycles. The summed E-state index contributed by atoms with van der Waals surface area (Å²) in [6, 6.07) is 16.2. The summed E-state index contributed by atoms with van der Waals surface area (Å²) in [6.45, 7) is 4.06. The lowest BCUT2D eigenvalue weighted by atomic mass is 10.0. The first-order chi connectivity index (χ1) is 13.7. The molecule has 0 aromatic heterocycles. The SMILES string of the molecule is CO[C@@H]1Cc2ccccc2N(C(=O)N2CC[NH+](CCO)CC2)c2ccccc21. The minimum Gasteiger partial charge on any atom is -0.391 e. The molecule has 1 fully saturated rings. The number of methoxy groups -OCH3 is 1. The highest BCUT2D eigenvalue weighted by Gasteiger charge is 2.34. The van der Waals surface area contributed by atoms with Crippen LogP contribution in [0.15, 0.2) is 48.5 Å². The normalized spacial score (nSPS) is 19.7. The summed E-state index contributed by atoms with van der Waals surface area (Å²) in [5, 5.41) is 9.17. The van der Waals surface area contributed by atoms with Crippen molar-refractivity contribution in [1.82, 2.24) is 4.90 Å². The Hall–Kier alpha value is -2.41. The van der Waals surface area contributed by atoms with E-state index in [2.05, 4.69) is 12.1 Å². The van der Waals surface area contributed by atoms with Gasteiger partial charge in [-0.2, -0.15) is 0 Å². The second kappa shape index (κ2) is 8.31. The zero-order valence-electron chi connectivity index (χ0n) is 16.3. The third kappa shape index (κ3) is 3.51. The van der Waals surface area contributed by atoms with Crippen LogP contribution in [-0.4, -0.2) is 62.5 Å². The second-order valence-electron chi connectivity index (χ2n) is 7.44. The summed E-state index contributed by atoms with van der Waals surface area (Å²) < 4.78 is 5.79. The van der Waals surface area contributed by atoms with Gasteiger partial charge in [-0.3, -0.25) is 4.90 Å². The number of nitrogens with zero attached hydrogens (tertiary/aromatic N) is 2. The van der Waals surface area contributed by atoms with E-state index in [9.17, 15) is 9.90 Å². The van der Waals surface area contributed by atoms with Gasteiger partial charge in [0.25, 0.3) is 0 Å². The van der Waals surface area contributed by atoms with Gasteiger partial charge < -0.3 is 19.6 Å². The average Bonchev–Trinajstić information content (AvgIpc) is 2.88. The molecular weight excluding hydrogens is 354 g/mol. The number of rotatable bonds is 3. The van der Waals surface area contributed by atoms with Gasteiger partial charge >= 0.3 is 6.03 Å². The van der Waals surface area contributed by atoms with Crippen molar-refractivity contribution in [2.24, 2.45) is 0 Å². The molecule has 1 saturated heterocycles. The number of piperazine rings is 1. The molecule has 28 heavy (non-hydrogen) atoms. The fraction of sp³-hybridized carbons (Fsp3) is 0.409. The van der Waals surface area contributed by atoms with Crippen LogP contribution in [0, 0.1) is 0 Å². The average molecular weight is 382 g/mol. The molecule has 0 saturated carbocycles. The number of benzene rings is 2. The van der Waals surface area contributed by atoms with E-state index in [-0.39, 0.29) is 18.7 Å². The van der Waals surface area contributed by atoms with Crippen LogP contribution in [0.1, 0.15) is 17.2 Å². The van der Waals surface area contributed by atoms with E-state index in [4.69, 9.17) is 4.74 Å². The Balaban J connectivity index is 1.70. The van der Waals surface area contributed by atoms with Gasteiger partial charge in [0.15, 0.2) is 0 Å². The number of hydrogen-bond acceptors (Lipinski definition) is 3. The maximum absolute atomic E-state index is 13.6. The Kier molecular flexibility index (Phi) is 5.62. The highest BCUT2D eigenvalue weighted by atomic mass is 16.5. The van der Waals surface area contributed by atoms with E-state index >= 15 is 0 Å². The summed E-state index contributed by atoms with van der Waals surface area (Å²) in [7, 11) is 1.73. The monoisotopic (exact) mass is 382 g/mol. The molecule has 1 atom stereocenters. The van der Waals surface area contributed by atoms with Crippen molar-refractivity contribution in [2.75, 3.05) is 51.3 Å². The first-order valence-electron chi connectivity index (χ1n) is 9.96. The first kappa shape index (κ1) is 18.9. The fourth-order valence-electron chi connectivity index (χ4n) is 4.28. The van der Waals surface area contributed by atoms with Crippen LogP contribution in [0.5, 0.6) is 0 Å². The number of quaternary nitrogens is 1. The van der Waals surface area contributed by atoms with Gasteiger partial charge in [0.1, 0.15) is 6.54 Å². The smallest absolute Gasteiger partial charge is 0.329 e. The van der Waals surface area contributed by atoms with Gasteiger partial charge in [-0.05, 0) is 17.7 Å². The lowest BCUT2D eigenvalue weighted by molar-refractivity contribution is -0.904. The highest BCUT2D eigenvalue weighted by molar-refractivity contribution is 6.01. The molecule has 2 aliphatic rings. The predicted molar refractivity (Wildman–Crippen MR) is 108 cm³/mol. The largest absolute Gasteiger partial charge is 0.391 e. The number of carbonyl (C=O) groups excluding carboxylic acids is 1. The van der Waals surface area contributed by atoms with Crippen LogP contribution in [0.25, 0.3) is 0 Å². The number of aliphatic hydroxyl groups is 1. The number of para-hydroxylation sites is 2. The topological polar surface area (TPSA) is 57.5 Å². The Bertz CT molecular complexity index is 833. The van der Waals surface area contributed by atoms with E-state index in [1.807, 2.05) is 46.2 Å². The molecule has 0 bridgehead atoms. The van der Waals surface area contributed by atoms with Crippen molar-refractivity contribution >= 4 is 17.4 Å². The van der Waals surface area contributed by atoms with Gasteiger partial charge in [0.2, 0.25) is 0 Å². The van der Waals surface area contributed by atoms with Crippen LogP contribution in [-0.2, 0) is 11.2 Å².